The molecule has 0 radical (unpaired) electrons. The average molecular weight is 211 g/mol. The molecule has 84 valence electrons. The number of hydrogen-bond donors (Lipinski definition) is 2. The summed E-state index contributed by atoms with van der Waals surface area (Å²) in [6, 6.07) is 1.45. The van der Waals surface area contributed by atoms with Crippen molar-refractivity contribution >= 4 is 5.82 Å². The van der Waals surface area contributed by atoms with Crippen LogP contribution in [0.1, 0.15) is 19.8 Å². The van der Waals surface area contributed by atoms with Gasteiger partial charge in [-0.1, -0.05) is 13.3 Å². The molecule has 1 rings (SSSR count). The van der Waals surface area contributed by atoms with Crippen LogP contribution in [0.4, 0.5) is 5.82 Å². The van der Waals surface area contributed by atoms with Crippen LogP contribution >= 0.6 is 0 Å². The number of aliphatic hydroxyl groups is 1. The van der Waals surface area contributed by atoms with Crippen LogP contribution in [0, 0.1) is 0 Å². The Labute approximate surface area is 88.8 Å². The van der Waals surface area contributed by atoms with E-state index in [-0.39, 0.29) is 12.2 Å². The second kappa shape index (κ2) is 6.19. The highest BCUT2D eigenvalue weighted by Gasteiger charge is 2.06. The van der Waals surface area contributed by atoms with Crippen LogP contribution in [0.3, 0.4) is 0 Å². The molecule has 15 heavy (non-hydrogen) atoms. The minimum absolute atomic E-state index is 0.0677. The fraction of sp³-hybridized carbons (Fsp3) is 0.600. The first-order valence-electron chi connectivity index (χ1n) is 5.18. The smallest absolute Gasteiger partial charge is 0.252 e. The lowest BCUT2D eigenvalue weighted by molar-refractivity contribution is 0.301. The molecule has 0 atom stereocenters. The van der Waals surface area contributed by atoms with Gasteiger partial charge in [0, 0.05) is 19.2 Å². The first kappa shape index (κ1) is 11.7. The van der Waals surface area contributed by atoms with Crippen LogP contribution in [-0.2, 0) is 0 Å². The van der Waals surface area contributed by atoms with E-state index in [9.17, 15) is 4.79 Å². The van der Waals surface area contributed by atoms with Gasteiger partial charge in [-0.3, -0.25) is 4.79 Å². The molecule has 5 nitrogen and oxygen atoms in total. The van der Waals surface area contributed by atoms with Crippen LogP contribution in [0.5, 0.6) is 0 Å². The Hall–Kier alpha value is -1.36. The zero-order valence-electron chi connectivity index (χ0n) is 8.94. The van der Waals surface area contributed by atoms with Crippen LogP contribution < -0.4 is 10.5 Å². The summed E-state index contributed by atoms with van der Waals surface area (Å²) in [5.41, 5.74) is -0.167. The SMILES string of the molecule is CCCCN(CCO)c1cc(=O)[nH]cn1. The normalized spacial score (nSPS) is 10.3. The van der Waals surface area contributed by atoms with Crippen molar-refractivity contribution < 1.29 is 5.11 Å². The number of hydrogen-bond acceptors (Lipinski definition) is 4. The standard InChI is InChI=1S/C10H17N3O2/c1-2-3-4-13(5-6-14)9-7-10(15)12-8-11-9/h7-8,14H,2-6H2,1H3,(H,11,12,15). The zero-order chi connectivity index (χ0) is 11.1. The fourth-order valence-corrected chi connectivity index (χ4v) is 1.34. The molecule has 0 aliphatic heterocycles. The number of aliphatic hydroxyl groups excluding tert-OH is 1. The van der Waals surface area contributed by atoms with Crippen molar-refractivity contribution in [1.29, 1.82) is 0 Å². The molecule has 0 saturated heterocycles. The van der Waals surface area contributed by atoms with Crippen molar-refractivity contribution in [2.45, 2.75) is 19.8 Å². The predicted octanol–water partition coefficient (Wildman–Crippen LogP) is 0.369. The molecule has 0 amide bonds. The van der Waals surface area contributed by atoms with Gasteiger partial charge in [0.15, 0.2) is 0 Å². The number of rotatable bonds is 6. The van der Waals surface area contributed by atoms with Gasteiger partial charge in [0.2, 0.25) is 0 Å². The van der Waals surface area contributed by atoms with Gasteiger partial charge >= 0.3 is 0 Å². The van der Waals surface area contributed by atoms with E-state index in [1.807, 2.05) is 4.90 Å². The molecule has 2 N–H and O–H groups in total. The first-order chi connectivity index (χ1) is 7.27. The van der Waals surface area contributed by atoms with Crippen molar-refractivity contribution in [2.24, 2.45) is 0 Å². The topological polar surface area (TPSA) is 69.2 Å². The van der Waals surface area contributed by atoms with Crippen molar-refractivity contribution in [2.75, 3.05) is 24.6 Å². The second-order valence-electron chi connectivity index (χ2n) is 3.33. The molecule has 0 aliphatic rings. The summed E-state index contributed by atoms with van der Waals surface area (Å²) in [6.07, 6.45) is 3.48. The average Bonchev–Trinajstić information content (AvgIpc) is 2.24. The third-order valence-corrected chi connectivity index (χ3v) is 2.14. The van der Waals surface area contributed by atoms with Crippen molar-refractivity contribution in [1.82, 2.24) is 9.97 Å². The molecule has 0 unspecified atom stereocenters. The van der Waals surface area contributed by atoms with E-state index in [1.165, 1.54) is 12.4 Å². The number of anilines is 1. The molecule has 0 fully saturated rings. The van der Waals surface area contributed by atoms with E-state index >= 15 is 0 Å². The van der Waals surface area contributed by atoms with Gasteiger partial charge in [0.1, 0.15) is 5.82 Å². The van der Waals surface area contributed by atoms with E-state index in [1.54, 1.807) is 0 Å². The Bertz CT molecular complexity index is 337. The summed E-state index contributed by atoms with van der Waals surface area (Å²) in [5, 5.41) is 8.91. The molecular weight excluding hydrogens is 194 g/mol. The van der Waals surface area contributed by atoms with Gasteiger partial charge < -0.3 is 15.0 Å². The Morgan fingerprint density at radius 2 is 2.33 bits per heavy atom. The molecule has 0 bridgehead atoms. The maximum Gasteiger partial charge on any atom is 0.252 e. The van der Waals surface area contributed by atoms with Gasteiger partial charge in [-0.25, -0.2) is 4.98 Å². The summed E-state index contributed by atoms with van der Waals surface area (Å²) in [7, 11) is 0. The monoisotopic (exact) mass is 211 g/mol. The van der Waals surface area contributed by atoms with Gasteiger partial charge in [-0.05, 0) is 6.42 Å². The van der Waals surface area contributed by atoms with E-state index in [2.05, 4.69) is 16.9 Å². The van der Waals surface area contributed by atoms with Gasteiger partial charge in [-0.2, -0.15) is 0 Å². The number of nitrogens with one attached hydrogen (secondary N) is 1. The lowest BCUT2D eigenvalue weighted by Gasteiger charge is -2.21. The maximum atomic E-state index is 11.1. The summed E-state index contributed by atoms with van der Waals surface area (Å²) in [4.78, 5) is 19.5. The Morgan fingerprint density at radius 1 is 1.53 bits per heavy atom. The zero-order valence-corrected chi connectivity index (χ0v) is 8.94. The second-order valence-corrected chi connectivity index (χ2v) is 3.33. The van der Waals surface area contributed by atoms with E-state index in [4.69, 9.17) is 5.11 Å². The Morgan fingerprint density at radius 3 is 2.93 bits per heavy atom. The highest BCUT2D eigenvalue weighted by atomic mass is 16.3. The van der Waals surface area contributed by atoms with E-state index < -0.39 is 0 Å². The largest absolute Gasteiger partial charge is 0.395 e. The Kier molecular flexibility index (Phi) is 4.83. The molecule has 0 saturated carbocycles. The summed E-state index contributed by atoms with van der Waals surface area (Å²) >= 11 is 0. The molecule has 1 aromatic heterocycles. The summed E-state index contributed by atoms with van der Waals surface area (Å²) < 4.78 is 0. The minimum atomic E-state index is -0.167. The van der Waals surface area contributed by atoms with Crippen LogP contribution in [0.2, 0.25) is 0 Å². The summed E-state index contributed by atoms with van der Waals surface area (Å²) in [5.74, 6) is 0.626. The van der Waals surface area contributed by atoms with Gasteiger partial charge in [0.25, 0.3) is 5.56 Å². The number of H-pyrrole nitrogens is 1. The lowest BCUT2D eigenvalue weighted by Crippen LogP contribution is -2.29. The van der Waals surface area contributed by atoms with Crippen LogP contribution in [-0.4, -0.2) is 34.8 Å². The Balaban J connectivity index is 2.73. The lowest BCUT2D eigenvalue weighted by atomic mass is 10.3. The first-order valence-corrected chi connectivity index (χ1v) is 5.18. The van der Waals surface area contributed by atoms with Crippen molar-refractivity contribution in [3.8, 4) is 0 Å². The number of nitrogens with zero attached hydrogens (tertiary/aromatic N) is 2. The van der Waals surface area contributed by atoms with E-state index in [0.717, 1.165) is 19.4 Å². The molecular formula is C10H17N3O2. The third kappa shape index (κ3) is 3.71. The summed E-state index contributed by atoms with van der Waals surface area (Å²) in [6.45, 7) is 3.49. The number of aromatic amines is 1. The predicted molar refractivity (Wildman–Crippen MR) is 59.1 cm³/mol. The van der Waals surface area contributed by atoms with Crippen molar-refractivity contribution in [3.63, 3.8) is 0 Å². The van der Waals surface area contributed by atoms with Gasteiger partial charge in [-0.15, -0.1) is 0 Å². The molecule has 1 heterocycles. The fourth-order valence-electron chi connectivity index (χ4n) is 1.34. The molecule has 0 aromatic carbocycles. The van der Waals surface area contributed by atoms with Crippen LogP contribution in [0.15, 0.2) is 17.2 Å². The quantitative estimate of drug-likeness (QED) is 0.713. The highest BCUT2D eigenvalue weighted by Crippen LogP contribution is 2.07. The highest BCUT2D eigenvalue weighted by molar-refractivity contribution is 5.36. The van der Waals surface area contributed by atoms with Crippen molar-refractivity contribution in [3.05, 3.63) is 22.7 Å². The molecule has 0 spiro atoms. The number of unbranched alkanes of at least 4 members (excludes halogenated alkanes) is 1. The molecule has 5 heteroatoms. The van der Waals surface area contributed by atoms with Crippen LogP contribution in [0.25, 0.3) is 0 Å². The number of aromatic nitrogens is 2. The maximum absolute atomic E-state index is 11.1. The minimum Gasteiger partial charge on any atom is -0.395 e. The van der Waals surface area contributed by atoms with Gasteiger partial charge in [0.05, 0.1) is 12.9 Å². The van der Waals surface area contributed by atoms with E-state index in [0.29, 0.717) is 12.4 Å². The molecule has 1 aromatic rings. The molecule has 0 aliphatic carbocycles. The third-order valence-electron chi connectivity index (χ3n) is 2.14.